The Kier molecular flexibility index (Phi) is 5.89. The monoisotopic (exact) mass is 373 g/mol. The number of alkyl carbamates (subject to hydrolysis) is 1. The molecule has 3 N–H and O–H groups in total. The van der Waals surface area contributed by atoms with Crippen molar-refractivity contribution in [2.45, 2.75) is 64.3 Å². The van der Waals surface area contributed by atoms with E-state index in [1.165, 1.54) is 0 Å². The van der Waals surface area contributed by atoms with Gasteiger partial charge in [0.25, 0.3) is 5.97 Å². The van der Waals surface area contributed by atoms with Crippen molar-refractivity contribution in [1.82, 2.24) is 5.32 Å². The number of hydrogen-bond donors (Lipinski definition) is 3. The van der Waals surface area contributed by atoms with Gasteiger partial charge >= 0.3 is 6.09 Å². The fourth-order valence-corrected chi connectivity index (χ4v) is 2.85. The van der Waals surface area contributed by atoms with Gasteiger partial charge in [0.1, 0.15) is 17.2 Å². The van der Waals surface area contributed by atoms with Crippen molar-refractivity contribution >= 4 is 6.09 Å². The van der Waals surface area contributed by atoms with E-state index in [0.717, 1.165) is 18.2 Å². The second-order valence-electron chi connectivity index (χ2n) is 7.69. The minimum absolute atomic E-state index is 0.0292. The van der Waals surface area contributed by atoms with E-state index >= 15 is 0 Å². The molecule has 0 radical (unpaired) electrons. The third-order valence-electron chi connectivity index (χ3n) is 4.08. The van der Waals surface area contributed by atoms with E-state index < -0.39 is 47.4 Å². The molecule has 26 heavy (non-hydrogen) atoms. The van der Waals surface area contributed by atoms with Crippen molar-refractivity contribution in [1.29, 1.82) is 0 Å². The van der Waals surface area contributed by atoms with Gasteiger partial charge in [-0.3, -0.25) is 0 Å². The number of halogens is 2. The van der Waals surface area contributed by atoms with Gasteiger partial charge in [-0.1, -0.05) is 6.92 Å². The van der Waals surface area contributed by atoms with Gasteiger partial charge in [0.15, 0.2) is 0 Å². The van der Waals surface area contributed by atoms with Gasteiger partial charge in [-0.05, 0) is 51.3 Å². The number of carbonyl (C=O) groups excluding carboxylic acids is 1. The van der Waals surface area contributed by atoms with E-state index in [-0.39, 0.29) is 12.8 Å². The van der Waals surface area contributed by atoms with Crippen LogP contribution < -0.4 is 5.32 Å². The van der Waals surface area contributed by atoms with Gasteiger partial charge in [-0.2, -0.15) is 0 Å². The van der Waals surface area contributed by atoms with E-state index in [4.69, 9.17) is 9.47 Å². The van der Waals surface area contributed by atoms with Crippen LogP contribution in [0.2, 0.25) is 0 Å². The average Bonchev–Trinajstić information content (AvgIpc) is 2.69. The Morgan fingerprint density at radius 3 is 2.38 bits per heavy atom. The maximum atomic E-state index is 13.5. The van der Waals surface area contributed by atoms with Crippen molar-refractivity contribution in [3.8, 4) is 0 Å². The summed E-state index contributed by atoms with van der Waals surface area (Å²) in [7, 11) is 0. The Hall–Kier alpha value is -1.77. The summed E-state index contributed by atoms with van der Waals surface area (Å²) in [6.07, 6.45) is -1.23. The van der Waals surface area contributed by atoms with Crippen LogP contribution in [0.5, 0.6) is 0 Å². The van der Waals surface area contributed by atoms with Crippen LogP contribution in [0.15, 0.2) is 18.2 Å². The molecule has 1 aromatic carbocycles. The van der Waals surface area contributed by atoms with Crippen LogP contribution in [0.3, 0.4) is 0 Å². The summed E-state index contributed by atoms with van der Waals surface area (Å²) in [5.41, 5.74) is -0.436. The molecule has 1 amide bonds. The lowest BCUT2D eigenvalue weighted by molar-refractivity contribution is -0.344. The van der Waals surface area contributed by atoms with Gasteiger partial charge in [0, 0.05) is 12.0 Å². The predicted octanol–water partition coefficient (Wildman–Crippen LogP) is 2.46. The first-order valence-corrected chi connectivity index (χ1v) is 8.43. The van der Waals surface area contributed by atoms with Crippen molar-refractivity contribution in [3.63, 3.8) is 0 Å². The zero-order valence-corrected chi connectivity index (χ0v) is 15.3. The first-order chi connectivity index (χ1) is 11.9. The van der Waals surface area contributed by atoms with E-state index in [1.54, 1.807) is 27.7 Å². The molecule has 1 heterocycles. The molecule has 1 aliphatic heterocycles. The number of hydrogen-bond acceptors (Lipinski definition) is 5. The zero-order valence-electron chi connectivity index (χ0n) is 15.3. The van der Waals surface area contributed by atoms with E-state index in [1.807, 2.05) is 0 Å². The zero-order chi connectivity index (χ0) is 19.7. The summed E-state index contributed by atoms with van der Waals surface area (Å²) in [6, 6.07) is 2.28. The molecule has 1 fully saturated rings. The highest BCUT2D eigenvalue weighted by Crippen LogP contribution is 2.34. The minimum Gasteiger partial charge on any atom is -0.444 e. The Balaban J connectivity index is 2.19. The van der Waals surface area contributed by atoms with Gasteiger partial charge in [-0.25, -0.2) is 13.6 Å². The molecule has 6 nitrogen and oxygen atoms in total. The summed E-state index contributed by atoms with van der Waals surface area (Å²) in [6.45, 7) is 6.69. The molecule has 0 aliphatic carbocycles. The van der Waals surface area contributed by atoms with E-state index in [2.05, 4.69) is 5.32 Å². The molecule has 0 unspecified atom stereocenters. The number of benzene rings is 1. The predicted molar refractivity (Wildman–Crippen MR) is 89.0 cm³/mol. The molecule has 3 atom stereocenters. The molecule has 0 spiro atoms. The van der Waals surface area contributed by atoms with Crippen molar-refractivity contribution < 1.29 is 33.3 Å². The van der Waals surface area contributed by atoms with Gasteiger partial charge in [0.2, 0.25) is 0 Å². The highest BCUT2D eigenvalue weighted by atomic mass is 19.1. The van der Waals surface area contributed by atoms with Gasteiger partial charge in [0.05, 0.1) is 12.1 Å². The van der Waals surface area contributed by atoms with Crippen LogP contribution in [0.4, 0.5) is 13.6 Å². The van der Waals surface area contributed by atoms with E-state index in [9.17, 15) is 23.8 Å². The second-order valence-corrected chi connectivity index (χ2v) is 7.69. The molecule has 146 valence electrons. The molecule has 8 heteroatoms. The fourth-order valence-electron chi connectivity index (χ4n) is 2.85. The SMILES string of the molecule is C[C@H]1C[C@@H]([C@H](Cc2cc(F)cc(F)c2)NC(=O)OC(C)(C)C)OC1(O)O. The number of aliphatic hydroxyl groups is 2. The standard InChI is InChI=1S/C18H25F2NO5/c1-10-5-15(25-18(10,23)24)14(21-16(22)26-17(2,3)4)8-11-6-12(19)9-13(20)7-11/h6-7,9-10,14-15,23-24H,5,8H2,1-4H3,(H,21,22)/t10-,14-,15-/m0/s1. The topological polar surface area (TPSA) is 88.0 Å². The Labute approximate surface area is 151 Å². The summed E-state index contributed by atoms with van der Waals surface area (Å²) in [4.78, 5) is 12.1. The summed E-state index contributed by atoms with van der Waals surface area (Å²) >= 11 is 0. The van der Waals surface area contributed by atoms with Gasteiger partial charge < -0.3 is 25.0 Å². The molecule has 0 aromatic heterocycles. The van der Waals surface area contributed by atoms with E-state index in [0.29, 0.717) is 5.56 Å². The van der Waals surface area contributed by atoms with Gasteiger partial charge in [-0.15, -0.1) is 0 Å². The van der Waals surface area contributed by atoms with Crippen molar-refractivity contribution in [2.24, 2.45) is 5.92 Å². The molecule has 0 bridgehead atoms. The maximum Gasteiger partial charge on any atom is 0.407 e. The number of rotatable bonds is 4. The molecular formula is C18H25F2NO5. The second kappa shape index (κ2) is 7.46. The van der Waals surface area contributed by atoms with Crippen LogP contribution >= 0.6 is 0 Å². The third-order valence-corrected chi connectivity index (χ3v) is 4.08. The average molecular weight is 373 g/mol. The Morgan fingerprint density at radius 2 is 1.92 bits per heavy atom. The number of carbonyl (C=O) groups is 1. The maximum absolute atomic E-state index is 13.5. The highest BCUT2D eigenvalue weighted by molar-refractivity contribution is 5.68. The largest absolute Gasteiger partial charge is 0.444 e. The normalized spacial score (nSPS) is 23.5. The Morgan fingerprint density at radius 1 is 1.35 bits per heavy atom. The smallest absolute Gasteiger partial charge is 0.407 e. The first-order valence-electron chi connectivity index (χ1n) is 8.43. The first kappa shape index (κ1) is 20.5. The quantitative estimate of drug-likeness (QED) is 0.706. The number of nitrogens with one attached hydrogen (secondary N) is 1. The van der Waals surface area contributed by atoms with Crippen LogP contribution in [0.1, 0.15) is 39.7 Å². The lowest BCUT2D eigenvalue weighted by atomic mass is 9.96. The molecule has 0 saturated carbocycles. The summed E-state index contributed by atoms with van der Waals surface area (Å²) < 4.78 is 37.4. The van der Waals surface area contributed by atoms with Crippen LogP contribution in [-0.4, -0.2) is 40.0 Å². The van der Waals surface area contributed by atoms with Crippen LogP contribution in [0.25, 0.3) is 0 Å². The molecule has 1 aliphatic rings. The lowest BCUT2D eigenvalue weighted by Crippen LogP contribution is -2.47. The molecular weight excluding hydrogens is 348 g/mol. The Bertz CT molecular complexity index is 639. The molecule has 2 rings (SSSR count). The fraction of sp³-hybridized carbons (Fsp3) is 0.611. The molecule has 1 saturated heterocycles. The lowest BCUT2D eigenvalue weighted by Gasteiger charge is -2.28. The third kappa shape index (κ3) is 5.62. The summed E-state index contributed by atoms with van der Waals surface area (Å²) in [5.74, 6) is -4.41. The van der Waals surface area contributed by atoms with Crippen molar-refractivity contribution in [2.75, 3.05) is 0 Å². The molecule has 1 aromatic rings. The van der Waals surface area contributed by atoms with Crippen LogP contribution in [-0.2, 0) is 15.9 Å². The summed E-state index contributed by atoms with van der Waals surface area (Å²) in [5, 5.41) is 22.3. The van der Waals surface area contributed by atoms with Crippen LogP contribution in [0, 0.1) is 17.6 Å². The highest BCUT2D eigenvalue weighted by Gasteiger charge is 2.46. The number of ether oxygens (including phenoxy) is 2. The number of amides is 1. The van der Waals surface area contributed by atoms with Crippen molar-refractivity contribution in [3.05, 3.63) is 35.4 Å². The minimum atomic E-state index is -2.33.